The number of allylic oxidation sites excluding steroid dienone is 4. The summed E-state index contributed by atoms with van der Waals surface area (Å²) in [6.07, 6.45) is 3.81. The van der Waals surface area contributed by atoms with Crippen molar-refractivity contribution in [2.24, 2.45) is 16.7 Å². The zero-order valence-corrected chi connectivity index (χ0v) is 26.6. The van der Waals surface area contributed by atoms with Gasteiger partial charge in [-0.15, -0.1) is 0 Å². The van der Waals surface area contributed by atoms with Crippen LogP contribution in [-0.2, 0) is 19.1 Å². The predicted molar refractivity (Wildman–Crippen MR) is 165 cm³/mol. The molecule has 0 aromatic heterocycles. The standard InChI is InChI=1S/C35H37ClF2O8/c1-21-5-8-23-17-24(39)13-16-33(23,3)35(21,38)29(41)19-32(2)14-4-15-34(32,31(43)44-20-37)46-30(42)22-6-9-25(10-7-22)45-26-11-12-28(40)27(36)18-26/h6-7,9-13,16-18,21,29,40-41H,4-5,8,14-15,19-20H2,1-3H3. The van der Waals surface area contributed by atoms with E-state index in [-0.39, 0.29) is 41.4 Å². The Bertz CT molecular complexity index is 1590. The summed E-state index contributed by atoms with van der Waals surface area (Å²) in [5, 5.41) is 21.5. The first-order chi connectivity index (χ1) is 21.7. The molecule has 0 saturated heterocycles. The highest BCUT2D eigenvalue weighted by Gasteiger charge is 2.66. The Hall–Kier alpha value is -3.76. The minimum atomic E-state index is -2.23. The molecule has 0 spiro atoms. The van der Waals surface area contributed by atoms with Gasteiger partial charge in [-0.2, -0.15) is 0 Å². The van der Waals surface area contributed by atoms with Crippen molar-refractivity contribution in [3.05, 3.63) is 76.9 Å². The molecule has 46 heavy (non-hydrogen) atoms. The molecule has 8 nitrogen and oxygen atoms in total. The molecule has 246 valence electrons. The number of halogens is 3. The predicted octanol–water partition coefficient (Wildman–Crippen LogP) is 7.35. The maximum Gasteiger partial charge on any atom is 0.353 e. The van der Waals surface area contributed by atoms with Crippen LogP contribution in [0.3, 0.4) is 0 Å². The SMILES string of the molecule is CC1CCC2=CC(=O)C=CC2(C)C1(F)C(O)CC1(C)CCCC1(OC(=O)c1ccc(Oc2ccc(O)c(Cl)c2)cc1)C(=O)OCF. The number of fused-ring (bicyclic) bond motifs is 1. The molecule has 0 amide bonds. The Morgan fingerprint density at radius 1 is 1.11 bits per heavy atom. The number of carbonyl (C=O) groups excluding carboxylic acids is 3. The number of ether oxygens (including phenoxy) is 3. The summed E-state index contributed by atoms with van der Waals surface area (Å²) < 4.78 is 47.3. The van der Waals surface area contributed by atoms with Crippen molar-refractivity contribution < 1.29 is 47.6 Å². The smallest absolute Gasteiger partial charge is 0.353 e. The van der Waals surface area contributed by atoms with Crippen molar-refractivity contribution in [3.8, 4) is 17.2 Å². The van der Waals surface area contributed by atoms with E-state index < -0.39 is 52.9 Å². The summed E-state index contributed by atoms with van der Waals surface area (Å²) in [5.41, 5.74) is -6.20. The second-order valence-corrected chi connectivity index (χ2v) is 13.4. The molecule has 6 atom stereocenters. The molecule has 0 aliphatic heterocycles. The molecule has 11 heteroatoms. The number of phenols is 1. The molecular formula is C35H37ClF2O8. The van der Waals surface area contributed by atoms with Gasteiger partial charge in [0.05, 0.1) is 16.7 Å². The zero-order chi connectivity index (χ0) is 33.5. The van der Waals surface area contributed by atoms with E-state index in [2.05, 4.69) is 0 Å². The van der Waals surface area contributed by atoms with Crippen LogP contribution < -0.4 is 4.74 Å². The quantitative estimate of drug-likeness (QED) is 0.268. The van der Waals surface area contributed by atoms with E-state index in [1.165, 1.54) is 60.7 Å². The number of rotatable bonds is 9. The molecule has 2 aromatic carbocycles. The number of esters is 2. The Morgan fingerprint density at radius 2 is 1.80 bits per heavy atom. The number of hydrogen-bond donors (Lipinski definition) is 2. The van der Waals surface area contributed by atoms with Gasteiger partial charge in [-0.3, -0.25) is 4.79 Å². The van der Waals surface area contributed by atoms with Gasteiger partial charge in [0, 0.05) is 16.9 Å². The van der Waals surface area contributed by atoms with Crippen LogP contribution in [0.4, 0.5) is 8.78 Å². The van der Waals surface area contributed by atoms with Crippen molar-refractivity contribution in [1.82, 2.24) is 0 Å². The van der Waals surface area contributed by atoms with E-state index in [0.717, 1.165) is 0 Å². The number of carbonyl (C=O) groups is 3. The van der Waals surface area contributed by atoms with E-state index in [4.69, 9.17) is 25.8 Å². The molecule has 5 rings (SSSR count). The van der Waals surface area contributed by atoms with Crippen LogP contribution in [0.15, 0.2) is 66.3 Å². The zero-order valence-electron chi connectivity index (χ0n) is 25.9. The fourth-order valence-corrected chi connectivity index (χ4v) is 7.74. The van der Waals surface area contributed by atoms with Gasteiger partial charge in [0.2, 0.25) is 12.5 Å². The molecule has 6 unspecified atom stereocenters. The minimum Gasteiger partial charge on any atom is -0.506 e. The van der Waals surface area contributed by atoms with E-state index in [1.54, 1.807) is 20.8 Å². The third-order valence-corrected chi connectivity index (χ3v) is 10.6. The molecule has 3 aliphatic carbocycles. The normalized spacial score (nSPS) is 31.1. The van der Waals surface area contributed by atoms with E-state index in [1.807, 2.05) is 0 Å². The number of aromatic hydroxyl groups is 1. The topological polar surface area (TPSA) is 119 Å². The van der Waals surface area contributed by atoms with Crippen LogP contribution in [0, 0.1) is 16.7 Å². The number of aliphatic hydroxyl groups is 1. The van der Waals surface area contributed by atoms with Gasteiger partial charge in [-0.25, -0.2) is 18.4 Å². The van der Waals surface area contributed by atoms with Crippen LogP contribution in [0.1, 0.15) is 69.7 Å². The second kappa shape index (κ2) is 12.4. The van der Waals surface area contributed by atoms with Gasteiger partial charge in [-0.1, -0.05) is 37.1 Å². The van der Waals surface area contributed by atoms with E-state index in [0.29, 0.717) is 36.3 Å². The fourth-order valence-electron chi connectivity index (χ4n) is 7.57. The fraction of sp³-hybridized carbons (Fsp3) is 0.457. The van der Waals surface area contributed by atoms with E-state index >= 15 is 4.39 Å². The lowest BCUT2D eigenvalue weighted by Crippen LogP contribution is -2.62. The minimum absolute atomic E-state index is 0.0186. The third kappa shape index (κ3) is 5.59. The highest BCUT2D eigenvalue weighted by atomic mass is 35.5. The molecular weight excluding hydrogens is 622 g/mol. The van der Waals surface area contributed by atoms with E-state index in [9.17, 15) is 29.0 Å². The molecule has 2 N–H and O–H groups in total. The van der Waals surface area contributed by atoms with Crippen LogP contribution in [0.2, 0.25) is 5.02 Å². The van der Waals surface area contributed by atoms with Gasteiger partial charge < -0.3 is 24.4 Å². The maximum absolute atomic E-state index is 17.4. The number of phenolic OH excluding ortho intramolecular Hbond substituents is 1. The summed E-state index contributed by atoms with van der Waals surface area (Å²) in [6, 6.07) is 10.1. The first kappa shape index (κ1) is 33.6. The Balaban J connectivity index is 1.41. The molecule has 2 saturated carbocycles. The number of hydrogen-bond acceptors (Lipinski definition) is 8. The Kier molecular flexibility index (Phi) is 9.09. The van der Waals surface area contributed by atoms with Crippen molar-refractivity contribution in [2.75, 3.05) is 6.86 Å². The van der Waals surface area contributed by atoms with Crippen LogP contribution in [0.5, 0.6) is 17.2 Å². The second-order valence-electron chi connectivity index (χ2n) is 12.9. The number of aliphatic hydroxyl groups excluding tert-OH is 1. The maximum atomic E-state index is 17.4. The Labute approximate surface area is 271 Å². The van der Waals surface area contributed by atoms with Crippen LogP contribution in [-0.4, -0.2) is 52.2 Å². The average Bonchev–Trinajstić information content (AvgIpc) is 3.34. The lowest BCUT2D eigenvalue weighted by molar-refractivity contribution is -0.189. The lowest BCUT2D eigenvalue weighted by Gasteiger charge is -2.54. The Morgan fingerprint density at radius 3 is 2.48 bits per heavy atom. The third-order valence-electron chi connectivity index (χ3n) is 10.3. The van der Waals surface area contributed by atoms with Crippen molar-refractivity contribution in [3.63, 3.8) is 0 Å². The number of benzene rings is 2. The number of alkyl halides is 2. The average molecular weight is 659 g/mol. The first-order valence-electron chi connectivity index (χ1n) is 15.2. The monoisotopic (exact) mass is 658 g/mol. The molecule has 3 aliphatic rings. The largest absolute Gasteiger partial charge is 0.506 e. The summed E-state index contributed by atoms with van der Waals surface area (Å²) in [4.78, 5) is 39.1. The first-order valence-corrected chi connectivity index (χ1v) is 15.6. The van der Waals surface area contributed by atoms with Gasteiger partial charge in [0.15, 0.2) is 11.5 Å². The van der Waals surface area contributed by atoms with Gasteiger partial charge in [0.25, 0.3) is 0 Å². The molecule has 0 heterocycles. The summed E-state index contributed by atoms with van der Waals surface area (Å²) in [7, 11) is 0. The van der Waals surface area contributed by atoms with Crippen molar-refractivity contribution in [2.45, 2.75) is 76.7 Å². The molecule has 2 fully saturated rings. The highest BCUT2D eigenvalue weighted by Crippen LogP contribution is 2.60. The summed E-state index contributed by atoms with van der Waals surface area (Å²) in [6.45, 7) is 3.53. The number of ketones is 1. The lowest BCUT2D eigenvalue weighted by atomic mass is 9.53. The molecule has 2 aromatic rings. The highest BCUT2D eigenvalue weighted by molar-refractivity contribution is 6.32. The summed E-state index contributed by atoms with van der Waals surface area (Å²) >= 11 is 5.94. The van der Waals surface area contributed by atoms with Gasteiger partial charge >= 0.3 is 11.9 Å². The van der Waals surface area contributed by atoms with Crippen molar-refractivity contribution >= 4 is 29.3 Å². The van der Waals surface area contributed by atoms with Crippen LogP contribution >= 0.6 is 11.6 Å². The molecule has 0 bridgehead atoms. The molecule has 0 radical (unpaired) electrons. The van der Waals surface area contributed by atoms with Gasteiger partial charge in [0.1, 0.15) is 17.2 Å². The summed E-state index contributed by atoms with van der Waals surface area (Å²) in [5.74, 6) is -2.29. The van der Waals surface area contributed by atoms with Crippen molar-refractivity contribution in [1.29, 1.82) is 0 Å². The van der Waals surface area contributed by atoms with Crippen LogP contribution in [0.25, 0.3) is 0 Å². The van der Waals surface area contributed by atoms with Gasteiger partial charge in [-0.05, 0) is 99.9 Å².